The minimum Gasteiger partial charge on any atom is -0.497 e. The predicted octanol–water partition coefficient (Wildman–Crippen LogP) is 3.35. The smallest absolute Gasteiger partial charge is 0.244 e. The van der Waals surface area contributed by atoms with E-state index in [-0.39, 0.29) is 18.4 Å². The van der Waals surface area contributed by atoms with Crippen molar-refractivity contribution in [1.82, 2.24) is 10.2 Å². The summed E-state index contributed by atoms with van der Waals surface area (Å²) in [6.07, 6.45) is 1.45. The molecule has 2 aromatic carbocycles. The topological polar surface area (TPSA) is 96.0 Å². The summed E-state index contributed by atoms with van der Waals surface area (Å²) in [5, 5.41) is 2.91. The summed E-state index contributed by atoms with van der Waals surface area (Å²) in [6.45, 7) is 8.04. The van der Waals surface area contributed by atoms with Crippen molar-refractivity contribution in [2.75, 3.05) is 30.8 Å². The third kappa shape index (κ3) is 8.28. The number of hydrogen-bond donors (Lipinski definition) is 1. The molecular formula is C26H37N3O5S. The zero-order chi connectivity index (χ0) is 26.2. The molecule has 0 aliphatic carbocycles. The van der Waals surface area contributed by atoms with Gasteiger partial charge >= 0.3 is 0 Å². The van der Waals surface area contributed by atoms with Gasteiger partial charge in [0, 0.05) is 13.1 Å². The molecule has 0 aromatic heterocycles. The van der Waals surface area contributed by atoms with Crippen LogP contribution in [0.2, 0.25) is 0 Å². The van der Waals surface area contributed by atoms with E-state index in [4.69, 9.17) is 4.74 Å². The summed E-state index contributed by atoms with van der Waals surface area (Å²) >= 11 is 0. The number of anilines is 1. The predicted molar refractivity (Wildman–Crippen MR) is 139 cm³/mol. The molecule has 1 N–H and O–H groups in total. The quantitative estimate of drug-likeness (QED) is 0.479. The van der Waals surface area contributed by atoms with Gasteiger partial charge in [-0.1, -0.05) is 50.6 Å². The van der Waals surface area contributed by atoms with Gasteiger partial charge in [-0.25, -0.2) is 8.42 Å². The summed E-state index contributed by atoms with van der Waals surface area (Å²) in [5.41, 5.74) is 2.24. The Morgan fingerprint density at radius 1 is 1.09 bits per heavy atom. The molecule has 2 aromatic rings. The van der Waals surface area contributed by atoms with Crippen LogP contribution in [-0.4, -0.2) is 57.6 Å². The Kier molecular flexibility index (Phi) is 10.1. The second-order valence-electron chi connectivity index (χ2n) is 9.04. The Hall–Kier alpha value is -3.07. The van der Waals surface area contributed by atoms with Gasteiger partial charge in [0.25, 0.3) is 0 Å². The van der Waals surface area contributed by atoms with E-state index in [0.29, 0.717) is 24.4 Å². The van der Waals surface area contributed by atoms with E-state index in [1.165, 1.54) is 12.0 Å². The highest BCUT2D eigenvalue weighted by molar-refractivity contribution is 7.92. The van der Waals surface area contributed by atoms with E-state index in [1.54, 1.807) is 24.3 Å². The minimum absolute atomic E-state index is 0.189. The van der Waals surface area contributed by atoms with E-state index in [1.807, 2.05) is 52.0 Å². The number of methoxy groups -OCH3 is 1. The Morgan fingerprint density at radius 2 is 1.74 bits per heavy atom. The van der Waals surface area contributed by atoms with Crippen LogP contribution in [0.5, 0.6) is 5.75 Å². The van der Waals surface area contributed by atoms with E-state index < -0.39 is 28.5 Å². The van der Waals surface area contributed by atoms with Crippen molar-refractivity contribution in [3.8, 4) is 5.75 Å². The summed E-state index contributed by atoms with van der Waals surface area (Å²) in [6, 6.07) is 13.4. The molecule has 0 bridgehead atoms. The molecule has 2 amide bonds. The number of hydrogen-bond acceptors (Lipinski definition) is 5. The minimum atomic E-state index is -3.78. The molecule has 1 atom stereocenters. The lowest BCUT2D eigenvalue weighted by molar-refractivity contribution is -0.140. The highest BCUT2D eigenvalue weighted by atomic mass is 32.2. The lowest BCUT2D eigenvalue weighted by Crippen LogP contribution is -2.52. The third-order valence-electron chi connectivity index (χ3n) is 5.55. The van der Waals surface area contributed by atoms with E-state index >= 15 is 0 Å². The van der Waals surface area contributed by atoms with Gasteiger partial charge in [0.05, 0.1) is 19.1 Å². The molecule has 8 nitrogen and oxygen atoms in total. The van der Waals surface area contributed by atoms with Gasteiger partial charge in [-0.3, -0.25) is 13.9 Å². The number of carbonyl (C=O) groups excluding carboxylic acids is 2. The van der Waals surface area contributed by atoms with Crippen LogP contribution in [0.4, 0.5) is 5.69 Å². The van der Waals surface area contributed by atoms with E-state index in [0.717, 1.165) is 21.7 Å². The van der Waals surface area contributed by atoms with Crippen LogP contribution >= 0.6 is 0 Å². The zero-order valence-corrected chi connectivity index (χ0v) is 22.3. The molecule has 35 heavy (non-hydrogen) atoms. The first kappa shape index (κ1) is 28.2. The van der Waals surface area contributed by atoms with Gasteiger partial charge in [0.1, 0.15) is 18.3 Å². The molecule has 0 saturated heterocycles. The Balaban J connectivity index is 2.41. The van der Waals surface area contributed by atoms with Crippen molar-refractivity contribution in [2.24, 2.45) is 5.92 Å². The van der Waals surface area contributed by atoms with Crippen LogP contribution in [-0.2, 0) is 26.2 Å². The Bertz CT molecular complexity index is 1100. The van der Waals surface area contributed by atoms with Crippen LogP contribution in [0.25, 0.3) is 0 Å². The molecule has 0 radical (unpaired) electrons. The number of carbonyl (C=O) groups is 2. The first-order chi connectivity index (χ1) is 16.5. The lowest BCUT2D eigenvalue weighted by Gasteiger charge is -2.33. The molecule has 9 heteroatoms. The van der Waals surface area contributed by atoms with Crippen molar-refractivity contribution in [3.63, 3.8) is 0 Å². The molecule has 0 saturated carbocycles. The molecular weight excluding hydrogens is 466 g/mol. The number of ether oxygens (including phenoxy) is 1. The van der Waals surface area contributed by atoms with Crippen molar-refractivity contribution in [3.05, 3.63) is 59.7 Å². The van der Waals surface area contributed by atoms with Gasteiger partial charge in [0.2, 0.25) is 21.8 Å². The monoisotopic (exact) mass is 503 g/mol. The maximum absolute atomic E-state index is 13.6. The lowest BCUT2D eigenvalue weighted by atomic mass is 10.1. The third-order valence-corrected chi connectivity index (χ3v) is 6.69. The largest absolute Gasteiger partial charge is 0.497 e. The van der Waals surface area contributed by atoms with Crippen LogP contribution < -0.4 is 14.4 Å². The Morgan fingerprint density at radius 3 is 2.26 bits per heavy atom. The van der Waals surface area contributed by atoms with Crippen LogP contribution in [0, 0.1) is 12.8 Å². The number of nitrogens with one attached hydrogen (secondary N) is 1. The first-order valence-corrected chi connectivity index (χ1v) is 13.6. The number of benzene rings is 2. The fraction of sp³-hybridized carbons (Fsp3) is 0.462. The second kappa shape index (κ2) is 12.6. The average Bonchev–Trinajstić information content (AvgIpc) is 2.80. The maximum Gasteiger partial charge on any atom is 0.244 e. The number of aryl methyl sites for hydroxylation is 1. The standard InChI is InChI=1S/C26H37N3O5S/c1-7-24(26(31)27-16-19(2)3)28(17-21-10-8-9-20(4)15-21)25(30)18-29(35(6,32)33)22-11-13-23(34-5)14-12-22/h8-15,19,24H,7,16-18H2,1-6H3,(H,27,31)/t24-/m0/s1. The number of sulfonamides is 1. The molecule has 0 aliphatic rings. The number of amides is 2. The summed E-state index contributed by atoms with van der Waals surface area (Å²) in [4.78, 5) is 28.2. The van der Waals surface area contributed by atoms with Gasteiger partial charge in [-0.15, -0.1) is 0 Å². The molecule has 192 valence electrons. The van der Waals surface area contributed by atoms with Gasteiger partial charge < -0.3 is 15.0 Å². The SMILES string of the molecule is CC[C@@H](C(=O)NCC(C)C)N(Cc1cccc(C)c1)C(=O)CN(c1ccc(OC)cc1)S(C)(=O)=O. The van der Waals surface area contributed by atoms with Crippen molar-refractivity contribution in [2.45, 2.75) is 46.7 Å². The number of nitrogens with zero attached hydrogens (tertiary/aromatic N) is 2. The van der Waals surface area contributed by atoms with Crippen LogP contribution in [0.1, 0.15) is 38.3 Å². The highest BCUT2D eigenvalue weighted by Crippen LogP contribution is 2.22. The molecule has 2 rings (SSSR count). The van der Waals surface area contributed by atoms with Crippen molar-refractivity contribution < 1.29 is 22.7 Å². The first-order valence-electron chi connectivity index (χ1n) is 11.7. The second-order valence-corrected chi connectivity index (χ2v) is 10.9. The van der Waals surface area contributed by atoms with Crippen LogP contribution in [0.3, 0.4) is 0 Å². The number of rotatable bonds is 12. The van der Waals surface area contributed by atoms with Gasteiger partial charge in [-0.05, 0) is 49.1 Å². The van der Waals surface area contributed by atoms with Crippen molar-refractivity contribution >= 4 is 27.5 Å². The summed E-state index contributed by atoms with van der Waals surface area (Å²) in [5.74, 6) is 0.118. The van der Waals surface area contributed by atoms with Gasteiger partial charge in [0.15, 0.2) is 0 Å². The normalized spacial score (nSPS) is 12.2. The van der Waals surface area contributed by atoms with E-state index in [2.05, 4.69) is 5.32 Å². The van der Waals surface area contributed by atoms with E-state index in [9.17, 15) is 18.0 Å². The fourth-order valence-corrected chi connectivity index (χ4v) is 4.56. The van der Waals surface area contributed by atoms with Gasteiger partial charge in [-0.2, -0.15) is 0 Å². The average molecular weight is 504 g/mol. The van der Waals surface area contributed by atoms with Crippen LogP contribution in [0.15, 0.2) is 48.5 Å². The maximum atomic E-state index is 13.6. The Labute approximate surface area is 209 Å². The summed E-state index contributed by atoms with van der Waals surface area (Å²) in [7, 11) is -2.26. The molecule has 0 unspecified atom stereocenters. The van der Waals surface area contributed by atoms with Crippen molar-refractivity contribution in [1.29, 1.82) is 0 Å². The highest BCUT2D eigenvalue weighted by Gasteiger charge is 2.31. The fourth-order valence-electron chi connectivity index (χ4n) is 3.71. The summed E-state index contributed by atoms with van der Waals surface area (Å²) < 4.78 is 31.5. The zero-order valence-electron chi connectivity index (χ0n) is 21.4. The molecule has 0 heterocycles. The molecule has 0 fully saturated rings. The molecule has 0 aliphatic heterocycles. The molecule has 0 spiro atoms.